The lowest BCUT2D eigenvalue weighted by Gasteiger charge is -2.28. The van der Waals surface area contributed by atoms with Crippen molar-refractivity contribution in [3.63, 3.8) is 0 Å². The number of carbonyl (C=O) groups is 1. The molecule has 0 atom stereocenters. The van der Waals surface area contributed by atoms with Crippen LogP contribution in [0.3, 0.4) is 0 Å². The van der Waals surface area contributed by atoms with E-state index in [1.54, 1.807) is 6.92 Å². The maximum atomic E-state index is 11.9. The fourth-order valence-corrected chi connectivity index (χ4v) is 3.35. The van der Waals surface area contributed by atoms with Gasteiger partial charge in [-0.3, -0.25) is 4.79 Å². The third-order valence-electron chi connectivity index (χ3n) is 4.18. The molecule has 0 saturated carbocycles. The molecule has 172 valence electrons. The van der Waals surface area contributed by atoms with Gasteiger partial charge in [0.2, 0.25) is 0 Å². The van der Waals surface area contributed by atoms with Crippen LogP contribution in [0.2, 0.25) is 0 Å². The highest BCUT2D eigenvalue weighted by Gasteiger charge is 2.26. The minimum Gasteiger partial charge on any atom is -0.507 e. The van der Waals surface area contributed by atoms with Crippen LogP contribution in [0, 0.1) is 71.2 Å². The van der Waals surface area contributed by atoms with Gasteiger partial charge in [0, 0.05) is 35.4 Å². The highest BCUT2D eigenvalue weighted by Crippen LogP contribution is 2.40. The molecule has 0 amide bonds. The van der Waals surface area contributed by atoms with Crippen molar-refractivity contribution < 1.29 is 14.6 Å². The third-order valence-corrected chi connectivity index (χ3v) is 5.16. The Bertz CT molecular complexity index is 1250. The summed E-state index contributed by atoms with van der Waals surface area (Å²) in [7, 11) is 0. The van der Waals surface area contributed by atoms with E-state index in [9.17, 15) is 9.90 Å². The maximum absolute atomic E-state index is 11.9. The van der Waals surface area contributed by atoms with Gasteiger partial charge < -0.3 is 9.84 Å². The smallest absolute Gasteiger partial charge is 0.329 e. The van der Waals surface area contributed by atoms with Crippen LogP contribution in [0.15, 0.2) is 12.1 Å². The van der Waals surface area contributed by atoms with Gasteiger partial charge in [0.05, 0.1) is 5.75 Å². The van der Waals surface area contributed by atoms with Crippen LogP contribution in [0.4, 0.5) is 0 Å². The molecule has 1 aromatic carbocycles. The molecule has 0 aliphatic carbocycles. The summed E-state index contributed by atoms with van der Waals surface area (Å²) in [6, 6.07) is 4.02. The van der Waals surface area contributed by atoms with Gasteiger partial charge in [-0.25, -0.2) is 0 Å². The fraction of sp³-hybridized carbons (Fsp3) is 0.367. The van der Waals surface area contributed by atoms with Gasteiger partial charge in [-0.1, -0.05) is 59.6 Å². The van der Waals surface area contributed by atoms with Gasteiger partial charge in [0.25, 0.3) is 0 Å². The highest BCUT2D eigenvalue weighted by molar-refractivity contribution is 7.99. The Kier molecular flexibility index (Phi) is 11.4. The molecule has 1 aromatic rings. The van der Waals surface area contributed by atoms with E-state index in [1.807, 2.05) is 12.1 Å². The van der Waals surface area contributed by atoms with Crippen molar-refractivity contribution in [3.8, 4) is 77.0 Å². The Balaban J connectivity index is 2.66. The number of ether oxygens (including phenoxy) is 1. The van der Waals surface area contributed by atoms with Crippen molar-refractivity contribution in [3.05, 3.63) is 28.8 Å². The summed E-state index contributed by atoms with van der Waals surface area (Å²) in [6.45, 7) is 14.1. The molecule has 34 heavy (non-hydrogen) atoms. The second-order valence-corrected chi connectivity index (χ2v) is 10.1. The molecule has 0 fully saturated rings. The number of esters is 1. The zero-order valence-corrected chi connectivity index (χ0v) is 21.6. The van der Waals surface area contributed by atoms with Crippen molar-refractivity contribution in [1.29, 1.82) is 0 Å². The van der Waals surface area contributed by atoms with Crippen LogP contribution in [-0.2, 0) is 26.1 Å². The summed E-state index contributed by atoms with van der Waals surface area (Å²) in [6.07, 6.45) is 2.26. The number of phenolic OH excluding ortho intramolecular Hbond substituents is 1. The largest absolute Gasteiger partial charge is 0.507 e. The first kappa shape index (κ1) is 28.2. The molecule has 0 bridgehead atoms. The lowest BCUT2D eigenvalue weighted by atomic mass is 9.78. The quantitative estimate of drug-likeness (QED) is 0.511. The van der Waals surface area contributed by atoms with E-state index in [0.29, 0.717) is 11.5 Å². The molecule has 0 aliphatic heterocycles. The van der Waals surface area contributed by atoms with Crippen LogP contribution >= 0.6 is 11.8 Å². The van der Waals surface area contributed by atoms with Crippen LogP contribution in [0.25, 0.3) is 0 Å². The number of aromatic hydroxyl groups is 1. The van der Waals surface area contributed by atoms with Crippen molar-refractivity contribution in [2.24, 2.45) is 0 Å². The molecule has 1 rings (SSSR count). The Morgan fingerprint density at radius 3 is 1.71 bits per heavy atom. The summed E-state index contributed by atoms with van der Waals surface area (Å²) < 4.78 is 4.87. The Morgan fingerprint density at radius 1 is 0.824 bits per heavy atom. The maximum Gasteiger partial charge on any atom is 0.329 e. The second kappa shape index (κ2) is 13.7. The molecule has 0 spiro atoms. The van der Waals surface area contributed by atoms with Gasteiger partial charge in [-0.05, 0) is 64.0 Å². The lowest BCUT2D eigenvalue weighted by Crippen LogP contribution is -2.17. The number of thioether (sulfide) groups is 1. The van der Waals surface area contributed by atoms with Crippen LogP contribution in [0.5, 0.6) is 5.75 Å². The molecular formula is C30H28O3S. The van der Waals surface area contributed by atoms with Crippen molar-refractivity contribution in [1.82, 2.24) is 0 Å². The molecule has 0 aliphatic rings. The monoisotopic (exact) mass is 468 g/mol. The first-order valence-electron chi connectivity index (χ1n) is 10.5. The summed E-state index contributed by atoms with van der Waals surface area (Å²) in [5, 5.41) is 10.8. The van der Waals surface area contributed by atoms with Crippen LogP contribution in [0.1, 0.15) is 65.2 Å². The van der Waals surface area contributed by atoms with Gasteiger partial charge in [0.15, 0.2) is 0 Å². The highest BCUT2D eigenvalue weighted by atomic mass is 32.2. The number of phenols is 1. The zero-order chi connectivity index (χ0) is 25.6. The summed E-state index contributed by atoms with van der Waals surface area (Å²) in [5.74, 6) is 28.3. The van der Waals surface area contributed by atoms with Gasteiger partial charge in [-0.2, -0.15) is 0 Å². The minimum atomic E-state index is -0.448. The molecule has 3 nitrogen and oxygen atoms in total. The van der Waals surface area contributed by atoms with E-state index in [1.165, 1.54) is 11.8 Å². The van der Waals surface area contributed by atoms with Crippen LogP contribution < -0.4 is 0 Å². The molecule has 0 heterocycles. The molecule has 0 saturated heterocycles. The Hall–Kier alpha value is -3.80. The van der Waals surface area contributed by atoms with E-state index >= 15 is 0 Å². The van der Waals surface area contributed by atoms with E-state index in [4.69, 9.17) is 4.74 Å². The topological polar surface area (TPSA) is 46.5 Å². The molecule has 0 unspecified atom stereocenters. The van der Waals surface area contributed by atoms with E-state index in [2.05, 4.69) is 113 Å². The average Bonchev–Trinajstić information content (AvgIpc) is 2.73. The number of hydrogen-bond acceptors (Lipinski definition) is 4. The molecule has 1 N–H and O–H groups in total. The van der Waals surface area contributed by atoms with Crippen molar-refractivity contribution in [2.75, 3.05) is 5.75 Å². The SMILES string of the molecule is CC#CC#CC#CC#CC#CC#COC(=O)CSCc1cc(C(C)(C)C)c(O)c(C(C)(C)C)c1. The van der Waals surface area contributed by atoms with Crippen molar-refractivity contribution in [2.45, 2.75) is 65.0 Å². The van der Waals surface area contributed by atoms with Gasteiger partial charge >= 0.3 is 5.97 Å². The normalized spacial score (nSPS) is 9.38. The lowest BCUT2D eigenvalue weighted by molar-refractivity contribution is -0.133. The summed E-state index contributed by atoms with van der Waals surface area (Å²) >= 11 is 1.43. The predicted octanol–water partition coefficient (Wildman–Crippen LogP) is 4.76. The number of carbonyl (C=O) groups excluding carboxylic acids is 1. The molecule has 0 radical (unpaired) electrons. The predicted molar refractivity (Wildman–Crippen MR) is 140 cm³/mol. The standard InChI is InChI=1S/C30H28O3S/c1-8-9-10-11-12-13-14-15-16-17-18-19-33-27(31)23-34-22-24-20-25(29(2,3)4)28(32)26(21-24)30(5,6)7/h20-21,32H,22-23H2,1-7H3. The number of hydrogen-bond donors (Lipinski definition) is 1. The Morgan fingerprint density at radius 2 is 1.26 bits per heavy atom. The summed E-state index contributed by atoms with van der Waals surface area (Å²) in [4.78, 5) is 11.9. The summed E-state index contributed by atoms with van der Waals surface area (Å²) in [5.41, 5.74) is 2.45. The second-order valence-electron chi connectivity index (χ2n) is 9.11. The number of benzene rings is 1. The van der Waals surface area contributed by atoms with E-state index in [0.717, 1.165) is 16.7 Å². The Labute approximate surface area is 208 Å². The minimum absolute atomic E-state index is 0.150. The first-order valence-corrected chi connectivity index (χ1v) is 11.7. The first-order chi connectivity index (χ1) is 16.0. The van der Waals surface area contributed by atoms with Gasteiger partial charge in [0.1, 0.15) is 11.9 Å². The van der Waals surface area contributed by atoms with Crippen molar-refractivity contribution >= 4 is 17.7 Å². The zero-order valence-electron chi connectivity index (χ0n) is 20.7. The molecule has 0 aromatic heterocycles. The van der Waals surface area contributed by atoms with E-state index in [-0.39, 0.29) is 16.6 Å². The van der Waals surface area contributed by atoms with Gasteiger partial charge in [-0.15, -0.1) is 11.8 Å². The molecule has 4 heteroatoms. The third kappa shape index (κ3) is 10.7. The van der Waals surface area contributed by atoms with E-state index < -0.39 is 5.97 Å². The molecular weight excluding hydrogens is 440 g/mol. The number of rotatable bonds is 4. The van der Waals surface area contributed by atoms with Crippen LogP contribution in [-0.4, -0.2) is 16.8 Å². The average molecular weight is 469 g/mol. The fourth-order valence-electron chi connectivity index (χ4n) is 2.62.